The van der Waals surface area contributed by atoms with E-state index in [0.29, 0.717) is 12.1 Å². The summed E-state index contributed by atoms with van der Waals surface area (Å²) in [5.41, 5.74) is 3.88. The number of thiazole rings is 1. The molecule has 102 valence electrons. The van der Waals surface area contributed by atoms with Crippen molar-refractivity contribution >= 4 is 38.8 Å². The number of nitrogens with zero attached hydrogens (tertiary/aromatic N) is 2. The first-order valence-corrected chi connectivity index (χ1v) is 7.89. The maximum Gasteiger partial charge on any atom is 0.106 e. The molecule has 0 bridgehead atoms. The van der Waals surface area contributed by atoms with Crippen molar-refractivity contribution in [3.05, 3.63) is 22.7 Å². The largest absolute Gasteiger partial charge is 0.379 e. The number of anilines is 1. The Bertz CT molecular complexity index is 583. The van der Waals surface area contributed by atoms with Gasteiger partial charge in [0.25, 0.3) is 0 Å². The van der Waals surface area contributed by atoms with Gasteiger partial charge in [-0.05, 0) is 38.9 Å². The molecule has 19 heavy (non-hydrogen) atoms. The minimum Gasteiger partial charge on any atom is -0.379 e. The Balaban J connectivity index is 1.85. The molecule has 2 atom stereocenters. The highest BCUT2D eigenvalue weighted by Gasteiger charge is 2.23. The van der Waals surface area contributed by atoms with Crippen LogP contribution < -0.4 is 5.32 Å². The molecule has 1 aromatic heterocycles. The van der Waals surface area contributed by atoms with Crippen LogP contribution in [0.4, 0.5) is 5.69 Å². The van der Waals surface area contributed by atoms with Crippen LogP contribution in [0.25, 0.3) is 10.2 Å². The molecule has 0 spiro atoms. The third-order valence-corrected chi connectivity index (χ3v) is 5.12. The van der Waals surface area contributed by atoms with Crippen molar-refractivity contribution in [2.75, 3.05) is 18.9 Å². The molecule has 0 amide bonds. The number of fused-ring (bicyclic) bond motifs is 1. The number of rotatable bonds is 2. The molecule has 0 radical (unpaired) electrons. The summed E-state index contributed by atoms with van der Waals surface area (Å²) >= 11 is 7.99. The topological polar surface area (TPSA) is 28.2 Å². The van der Waals surface area contributed by atoms with Gasteiger partial charge in [-0.2, -0.15) is 0 Å². The van der Waals surface area contributed by atoms with Gasteiger partial charge in [0.2, 0.25) is 0 Å². The van der Waals surface area contributed by atoms with Crippen LogP contribution in [0.2, 0.25) is 5.02 Å². The SMILES string of the molecule is CC1CC(Nc2c(Cl)ccc3scnc23)CCN1C. The van der Waals surface area contributed by atoms with Crippen LogP contribution in [0.5, 0.6) is 0 Å². The van der Waals surface area contributed by atoms with Gasteiger partial charge in [-0.25, -0.2) is 4.98 Å². The number of halogens is 1. The number of hydrogen-bond acceptors (Lipinski definition) is 4. The summed E-state index contributed by atoms with van der Waals surface area (Å²) in [6.07, 6.45) is 2.30. The van der Waals surface area contributed by atoms with Crippen molar-refractivity contribution in [3.63, 3.8) is 0 Å². The number of piperidine rings is 1. The average Bonchev–Trinajstić information content (AvgIpc) is 2.86. The molecule has 1 N–H and O–H groups in total. The van der Waals surface area contributed by atoms with E-state index >= 15 is 0 Å². The normalized spacial score (nSPS) is 24.8. The van der Waals surface area contributed by atoms with Gasteiger partial charge >= 0.3 is 0 Å². The van der Waals surface area contributed by atoms with E-state index in [2.05, 4.69) is 29.2 Å². The molecule has 3 rings (SSSR count). The Morgan fingerprint density at radius 3 is 3.11 bits per heavy atom. The lowest BCUT2D eigenvalue weighted by molar-refractivity contribution is 0.190. The second-order valence-electron chi connectivity index (χ2n) is 5.32. The zero-order valence-corrected chi connectivity index (χ0v) is 12.8. The Morgan fingerprint density at radius 1 is 1.47 bits per heavy atom. The minimum atomic E-state index is 0.482. The van der Waals surface area contributed by atoms with Crippen LogP contribution in [0.15, 0.2) is 17.6 Å². The Labute approximate surface area is 122 Å². The maximum absolute atomic E-state index is 6.34. The van der Waals surface area contributed by atoms with Crippen LogP contribution in [0.1, 0.15) is 19.8 Å². The van der Waals surface area contributed by atoms with Gasteiger partial charge in [0.15, 0.2) is 0 Å². The van der Waals surface area contributed by atoms with Gasteiger partial charge in [0.1, 0.15) is 5.52 Å². The fourth-order valence-corrected chi connectivity index (χ4v) is 3.56. The summed E-state index contributed by atoms with van der Waals surface area (Å²) in [4.78, 5) is 6.85. The Morgan fingerprint density at radius 2 is 2.32 bits per heavy atom. The molecular weight excluding hydrogens is 278 g/mol. The first-order valence-electron chi connectivity index (χ1n) is 6.63. The summed E-state index contributed by atoms with van der Waals surface area (Å²) in [5, 5.41) is 4.38. The second-order valence-corrected chi connectivity index (χ2v) is 6.61. The van der Waals surface area contributed by atoms with E-state index in [9.17, 15) is 0 Å². The molecule has 1 fully saturated rings. The van der Waals surface area contributed by atoms with Gasteiger partial charge < -0.3 is 10.2 Å². The zero-order chi connectivity index (χ0) is 13.4. The molecule has 2 heterocycles. The van der Waals surface area contributed by atoms with Gasteiger partial charge in [-0.1, -0.05) is 11.6 Å². The lowest BCUT2D eigenvalue weighted by Gasteiger charge is -2.36. The lowest BCUT2D eigenvalue weighted by atomic mass is 9.98. The molecule has 1 aromatic carbocycles. The highest BCUT2D eigenvalue weighted by Crippen LogP contribution is 2.34. The third kappa shape index (κ3) is 2.57. The molecule has 0 aliphatic carbocycles. The summed E-state index contributed by atoms with van der Waals surface area (Å²) in [5.74, 6) is 0. The summed E-state index contributed by atoms with van der Waals surface area (Å²) in [6, 6.07) is 5.09. The van der Waals surface area contributed by atoms with Gasteiger partial charge in [-0.3, -0.25) is 0 Å². The smallest absolute Gasteiger partial charge is 0.106 e. The lowest BCUT2D eigenvalue weighted by Crippen LogP contribution is -2.42. The van der Waals surface area contributed by atoms with Crippen LogP contribution in [0.3, 0.4) is 0 Å². The fourth-order valence-electron chi connectivity index (χ4n) is 2.67. The van der Waals surface area contributed by atoms with E-state index in [4.69, 9.17) is 11.6 Å². The van der Waals surface area contributed by atoms with E-state index in [1.807, 2.05) is 17.6 Å². The average molecular weight is 296 g/mol. The van der Waals surface area contributed by atoms with Crippen molar-refractivity contribution in [1.29, 1.82) is 0 Å². The predicted octanol–water partition coefficient (Wildman–Crippen LogP) is 3.84. The molecule has 0 saturated carbocycles. The monoisotopic (exact) mass is 295 g/mol. The van der Waals surface area contributed by atoms with Crippen molar-refractivity contribution < 1.29 is 0 Å². The second kappa shape index (κ2) is 5.27. The zero-order valence-electron chi connectivity index (χ0n) is 11.2. The van der Waals surface area contributed by atoms with Crippen LogP contribution in [-0.4, -0.2) is 35.6 Å². The van der Waals surface area contributed by atoms with Crippen LogP contribution in [0, 0.1) is 0 Å². The van der Waals surface area contributed by atoms with Gasteiger partial charge in [0, 0.05) is 18.6 Å². The third-order valence-electron chi connectivity index (χ3n) is 4.01. The van der Waals surface area contributed by atoms with Crippen molar-refractivity contribution in [3.8, 4) is 0 Å². The molecule has 1 saturated heterocycles. The highest BCUT2D eigenvalue weighted by molar-refractivity contribution is 7.16. The Kier molecular flexibility index (Phi) is 3.65. The van der Waals surface area contributed by atoms with E-state index < -0.39 is 0 Å². The Hall–Kier alpha value is -0.840. The molecular formula is C14H18ClN3S. The summed E-state index contributed by atoms with van der Waals surface area (Å²) in [6.45, 7) is 3.41. The summed E-state index contributed by atoms with van der Waals surface area (Å²) < 4.78 is 1.19. The van der Waals surface area contributed by atoms with E-state index in [-0.39, 0.29) is 0 Å². The highest BCUT2D eigenvalue weighted by atomic mass is 35.5. The maximum atomic E-state index is 6.34. The minimum absolute atomic E-state index is 0.482. The predicted molar refractivity (Wildman–Crippen MR) is 83.4 cm³/mol. The summed E-state index contributed by atoms with van der Waals surface area (Å²) in [7, 11) is 2.19. The number of likely N-dealkylation sites (tertiary alicyclic amines) is 1. The molecule has 2 unspecified atom stereocenters. The van der Waals surface area contributed by atoms with Gasteiger partial charge in [0.05, 0.1) is 20.9 Å². The molecule has 5 heteroatoms. The van der Waals surface area contributed by atoms with E-state index in [0.717, 1.165) is 35.6 Å². The van der Waals surface area contributed by atoms with E-state index in [1.165, 1.54) is 4.70 Å². The van der Waals surface area contributed by atoms with Crippen LogP contribution in [-0.2, 0) is 0 Å². The standard InChI is InChI=1S/C14H18ClN3S/c1-9-7-10(5-6-18(9)2)17-13-11(15)3-4-12-14(13)16-8-19-12/h3-4,8-10,17H,5-7H2,1-2H3. The van der Waals surface area contributed by atoms with Crippen molar-refractivity contribution in [2.24, 2.45) is 0 Å². The first kappa shape index (κ1) is 13.2. The van der Waals surface area contributed by atoms with Crippen molar-refractivity contribution in [1.82, 2.24) is 9.88 Å². The van der Waals surface area contributed by atoms with Crippen molar-refractivity contribution in [2.45, 2.75) is 31.8 Å². The molecule has 1 aliphatic rings. The number of benzene rings is 1. The molecule has 3 nitrogen and oxygen atoms in total. The number of aromatic nitrogens is 1. The quantitative estimate of drug-likeness (QED) is 0.912. The number of nitrogens with one attached hydrogen (secondary N) is 1. The molecule has 2 aromatic rings. The van der Waals surface area contributed by atoms with Gasteiger partial charge in [-0.15, -0.1) is 11.3 Å². The fraction of sp³-hybridized carbons (Fsp3) is 0.500. The number of hydrogen-bond donors (Lipinski definition) is 1. The van der Waals surface area contributed by atoms with E-state index in [1.54, 1.807) is 11.3 Å². The van der Waals surface area contributed by atoms with Crippen LogP contribution >= 0.6 is 22.9 Å². The molecule has 1 aliphatic heterocycles. The first-order chi connectivity index (χ1) is 9.15.